The summed E-state index contributed by atoms with van der Waals surface area (Å²) in [6.45, 7) is 0.206. The van der Waals surface area contributed by atoms with Gasteiger partial charge in [-0.15, -0.1) is 0 Å². The van der Waals surface area contributed by atoms with Crippen molar-refractivity contribution in [3.05, 3.63) is 29.6 Å². The topological polar surface area (TPSA) is 49.8 Å². The monoisotopic (exact) mass is 267 g/mol. The fourth-order valence-corrected chi connectivity index (χ4v) is 2.22. The van der Waals surface area contributed by atoms with E-state index in [1.165, 1.54) is 19.2 Å². The smallest absolute Gasteiger partial charge is 0.254 e. The molecule has 104 valence electrons. The van der Waals surface area contributed by atoms with Crippen LogP contribution in [0.4, 0.5) is 4.39 Å². The van der Waals surface area contributed by atoms with E-state index in [9.17, 15) is 9.18 Å². The zero-order valence-electron chi connectivity index (χ0n) is 10.9. The van der Waals surface area contributed by atoms with Gasteiger partial charge in [0.1, 0.15) is 0 Å². The van der Waals surface area contributed by atoms with Gasteiger partial charge in [0.05, 0.1) is 13.7 Å². The lowest BCUT2D eigenvalue weighted by atomic mass is 9.91. The summed E-state index contributed by atoms with van der Waals surface area (Å²) in [4.78, 5) is 14.0. The predicted molar refractivity (Wildman–Crippen MR) is 68.7 cm³/mol. The minimum Gasteiger partial charge on any atom is -0.494 e. The third kappa shape index (κ3) is 2.87. The standard InChI is InChI=1S/C14H18FNO3/c1-19-13-6-5-10(9-12(13)15)14(18)16(7-8-17)11-3-2-4-11/h5-6,9,11,17H,2-4,7-8H2,1H3. The summed E-state index contributed by atoms with van der Waals surface area (Å²) in [6, 6.07) is 4.35. The Morgan fingerprint density at radius 3 is 2.74 bits per heavy atom. The van der Waals surface area contributed by atoms with Gasteiger partial charge in [-0.05, 0) is 37.5 Å². The van der Waals surface area contributed by atoms with E-state index >= 15 is 0 Å². The number of ether oxygens (including phenoxy) is 1. The number of nitrogens with zero attached hydrogens (tertiary/aromatic N) is 1. The summed E-state index contributed by atoms with van der Waals surface area (Å²) in [5.41, 5.74) is 0.290. The molecule has 1 aromatic rings. The maximum absolute atomic E-state index is 13.6. The van der Waals surface area contributed by atoms with E-state index in [-0.39, 0.29) is 30.9 Å². The molecule has 19 heavy (non-hydrogen) atoms. The number of hydrogen-bond acceptors (Lipinski definition) is 3. The average molecular weight is 267 g/mol. The van der Waals surface area contributed by atoms with Crippen LogP contribution in [0.25, 0.3) is 0 Å². The fraction of sp³-hybridized carbons (Fsp3) is 0.500. The van der Waals surface area contributed by atoms with E-state index < -0.39 is 5.82 Å². The number of halogens is 1. The molecule has 0 radical (unpaired) electrons. The maximum Gasteiger partial charge on any atom is 0.254 e. The molecule has 2 rings (SSSR count). The SMILES string of the molecule is COc1ccc(C(=O)N(CCO)C2CCC2)cc1F. The Hall–Kier alpha value is -1.62. The van der Waals surface area contributed by atoms with Crippen molar-refractivity contribution in [2.75, 3.05) is 20.3 Å². The number of aliphatic hydroxyl groups excluding tert-OH is 1. The minimum absolute atomic E-state index is 0.0825. The van der Waals surface area contributed by atoms with Gasteiger partial charge in [-0.2, -0.15) is 0 Å². The molecule has 0 unspecified atom stereocenters. The van der Waals surface area contributed by atoms with Gasteiger partial charge in [-0.1, -0.05) is 0 Å². The van der Waals surface area contributed by atoms with Crippen LogP contribution >= 0.6 is 0 Å². The largest absolute Gasteiger partial charge is 0.494 e. The molecule has 1 fully saturated rings. The second-order valence-electron chi connectivity index (χ2n) is 4.66. The van der Waals surface area contributed by atoms with Crippen LogP contribution in [0.15, 0.2) is 18.2 Å². The molecule has 0 bridgehead atoms. The molecule has 1 aliphatic rings. The van der Waals surface area contributed by atoms with Crippen LogP contribution in [0, 0.1) is 5.82 Å². The number of carbonyl (C=O) groups excluding carboxylic acids is 1. The van der Waals surface area contributed by atoms with Crippen LogP contribution in [0.5, 0.6) is 5.75 Å². The fourth-order valence-electron chi connectivity index (χ4n) is 2.22. The van der Waals surface area contributed by atoms with Gasteiger partial charge in [0.2, 0.25) is 0 Å². The number of hydrogen-bond donors (Lipinski definition) is 1. The zero-order valence-corrected chi connectivity index (χ0v) is 10.9. The predicted octanol–water partition coefficient (Wildman–Crippen LogP) is 1.82. The number of carbonyl (C=O) groups is 1. The van der Waals surface area contributed by atoms with Gasteiger partial charge >= 0.3 is 0 Å². The van der Waals surface area contributed by atoms with E-state index in [0.29, 0.717) is 5.56 Å². The Morgan fingerprint density at radius 2 is 2.26 bits per heavy atom. The van der Waals surface area contributed by atoms with Gasteiger partial charge in [-0.3, -0.25) is 4.79 Å². The number of benzene rings is 1. The Labute approximate surface area is 111 Å². The summed E-state index contributed by atoms with van der Waals surface area (Å²) in [5, 5.41) is 9.05. The molecule has 0 atom stereocenters. The summed E-state index contributed by atoms with van der Waals surface area (Å²) >= 11 is 0. The summed E-state index contributed by atoms with van der Waals surface area (Å²) in [7, 11) is 1.38. The molecule has 1 amide bonds. The van der Waals surface area contributed by atoms with Gasteiger partial charge in [0, 0.05) is 18.2 Å². The number of rotatable bonds is 5. The second kappa shape index (κ2) is 6.02. The van der Waals surface area contributed by atoms with E-state index in [4.69, 9.17) is 9.84 Å². The first-order valence-corrected chi connectivity index (χ1v) is 6.42. The summed E-state index contributed by atoms with van der Waals surface area (Å²) < 4.78 is 18.4. The Morgan fingerprint density at radius 1 is 1.53 bits per heavy atom. The number of amides is 1. The Balaban J connectivity index is 2.18. The molecule has 0 saturated heterocycles. The average Bonchev–Trinajstić information content (AvgIpc) is 2.35. The number of aliphatic hydroxyl groups is 1. The summed E-state index contributed by atoms with van der Waals surface area (Å²) in [5.74, 6) is -0.667. The van der Waals surface area contributed by atoms with E-state index in [1.54, 1.807) is 11.0 Å². The molecule has 0 heterocycles. The van der Waals surface area contributed by atoms with Crippen molar-refractivity contribution < 1.29 is 19.0 Å². The lowest BCUT2D eigenvalue weighted by Gasteiger charge is -2.37. The maximum atomic E-state index is 13.6. The van der Waals surface area contributed by atoms with Crippen molar-refractivity contribution in [1.29, 1.82) is 0 Å². The molecule has 1 saturated carbocycles. The van der Waals surface area contributed by atoms with Crippen molar-refractivity contribution in [3.8, 4) is 5.75 Å². The quantitative estimate of drug-likeness (QED) is 0.885. The van der Waals surface area contributed by atoms with Crippen LogP contribution in [-0.4, -0.2) is 42.2 Å². The first-order chi connectivity index (χ1) is 9.17. The third-order valence-electron chi connectivity index (χ3n) is 3.52. The van der Waals surface area contributed by atoms with Crippen molar-refractivity contribution in [2.45, 2.75) is 25.3 Å². The van der Waals surface area contributed by atoms with Crippen molar-refractivity contribution >= 4 is 5.91 Å². The summed E-state index contributed by atoms with van der Waals surface area (Å²) in [6.07, 6.45) is 2.99. The highest BCUT2D eigenvalue weighted by Crippen LogP contribution is 2.27. The molecule has 5 heteroatoms. The van der Waals surface area contributed by atoms with Crippen molar-refractivity contribution in [1.82, 2.24) is 4.90 Å². The first kappa shape index (κ1) is 13.8. The van der Waals surface area contributed by atoms with Gasteiger partial charge in [0.25, 0.3) is 5.91 Å². The van der Waals surface area contributed by atoms with E-state index in [0.717, 1.165) is 19.3 Å². The van der Waals surface area contributed by atoms with Crippen LogP contribution in [-0.2, 0) is 0 Å². The van der Waals surface area contributed by atoms with Crippen LogP contribution in [0.3, 0.4) is 0 Å². The van der Waals surface area contributed by atoms with E-state index in [2.05, 4.69) is 0 Å². The molecule has 4 nitrogen and oxygen atoms in total. The molecular weight excluding hydrogens is 249 g/mol. The van der Waals surface area contributed by atoms with Crippen molar-refractivity contribution in [3.63, 3.8) is 0 Å². The highest BCUT2D eigenvalue weighted by molar-refractivity contribution is 5.94. The zero-order chi connectivity index (χ0) is 13.8. The molecule has 1 N–H and O–H groups in total. The van der Waals surface area contributed by atoms with Gasteiger partial charge in [-0.25, -0.2) is 4.39 Å². The molecule has 1 aliphatic carbocycles. The molecule has 1 aromatic carbocycles. The molecule has 0 spiro atoms. The molecule has 0 aromatic heterocycles. The van der Waals surface area contributed by atoms with Gasteiger partial charge < -0.3 is 14.7 Å². The highest BCUT2D eigenvalue weighted by atomic mass is 19.1. The normalized spacial score (nSPS) is 14.9. The van der Waals surface area contributed by atoms with E-state index in [1.807, 2.05) is 0 Å². The van der Waals surface area contributed by atoms with Crippen LogP contribution in [0.2, 0.25) is 0 Å². The van der Waals surface area contributed by atoms with Crippen LogP contribution in [0.1, 0.15) is 29.6 Å². The third-order valence-corrected chi connectivity index (χ3v) is 3.52. The lowest BCUT2D eigenvalue weighted by molar-refractivity contribution is 0.0525. The highest BCUT2D eigenvalue weighted by Gasteiger charge is 2.29. The molecule has 0 aliphatic heterocycles. The molecular formula is C14H18FNO3. The lowest BCUT2D eigenvalue weighted by Crippen LogP contribution is -2.45. The Bertz CT molecular complexity index is 460. The number of methoxy groups -OCH3 is 1. The first-order valence-electron chi connectivity index (χ1n) is 6.42. The van der Waals surface area contributed by atoms with Gasteiger partial charge in [0.15, 0.2) is 11.6 Å². The minimum atomic E-state index is -0.550. The van der Waals surface area contributed by atoms with Crippen molar-refractivity contribution in [2.24, 2.45) is 0 Å². The second-order valence-corrected chi connectivity index (χ2v) is 4.66. The van der Waals surface area contributed by atoms with Crippen LogP contribution < -0.4 is 4.74 Å². The Kier molecular flexibility index (Phi) is 4.37.